The number of aliphatic hydroxyl groups is 1. The van der Waals surface area contributed by atoms with E-state index in [2.05, 4.69) is 20.4 Å². The van der Waals surface area contributed by atoms with Crippen LogP contribution in [0.25, 0.3) is 22.3 Å². The van der Waals surface area contributed by atoms with Crippen LogP contribution in [0.15, 0.2) is 158 Å². The van der Waals surface area contributed by atoms with Gasteiger partial charge in [0.25, 0.3) is 0 Å². The smallest absolute Gasteiger partial charge is 0.416 e. The molecule has 0 aliphatic rings. The molecule has 10 nitrogen and oxygen atoms in total. The maximum atomic E-state index is 12.8. The van der Waals surface area contributed by atoms with Crippen LogP contribution in [-0.4, -0.2) is 40.4 Å². The van der Waals surface area contributed by atoms with Gasteiger partial charge in [0.05, 0.1) is 11.1 Å². The van der Waals surface area contributed by atoms with E-state index in [0.29, 0.717) is 46.2 Å². The van der Waals surface area contributed by atoms with Crippen molar-refractivity contribution in [1.29, 1.82) is 0 Å². The Labute approximate surface area is 363 Å². The molecule has 1 N–H and O–H groups in total. The van der Waals surface area contributed by atoms with Gasteiger partial charge in [0, 0.05) is 19.7 Å². The number of alkyl halides is 6. The summed E-state index contributed by atoms with van der Waals surface area (Å²) in [7, 11) is 3.46. The summed E-state index contributed by atoms with van der Waals surface area (Å²) in [6, 6.07) is 38.7. The van der Waals surface area contributed by atoms with Crippen LogP contribution in [0, 0.1) is 0 Å². The van der Waals surface area contributed by atoms with Gasteiger partial charge in [0.15, 0.2) is 5.82 Å². The fourth-order valence-electron chi connectivity index (χ4n) is 6.47. The number of carbonyl (C=O) groups excluding carboxylic acids is 1. The number of nitrogens with zero attached hydrogens (tertiary/aromatic N) is 6. The second kappa shape index (κ2) is 19.2. The summed E-state index contributed by atoms with van der Waals surface area (Å²) in [5, 5.41) is 25.6. The SMILES string of the molecule is Cn1cnnc1C(=O)c1ccc(OCc2cccc(-c3ccc(C(F)(F)F)cc3)c2)cc1.Cn1cnnc1C(O)c1ccc(OCc2cccc(-c3ccc(C(F)(F)F)cc3)c2)cc1. The van der Waals surface area contributed by atoms with Crippen molar-refractivity contribution < 1.29 is 45.7 Å². The predicted octanol–water partition coefficient (Wildman–Crippen LogP) is 10.5. The number of aliphatic hydroxyl groups excluding tert-OH is 1. The second-order valence-electron chi connectivity index (χ2n) is 14.5. The highest BCUT2D eigenvalue weighted by molar-refractivity contribution is 6.06. The Morgan fingerprint density at radius 3 is 1.45 bits per heavy atom. The molecular formula is C48H38F6N6O4. The van der Waals surface area contributed by atoms with Crippen LogP contribution < -0.4 is 9.47 Å². The number of hydrogen-bond donors (Lipinski definition) is 1. The van der Waals surface area contributed by atoms with E-state index in [4.69, 9.17) is 9.47 Å². The Kier molecular flexibility index (Phi) is 13.3. The van der Waals surface area contributed by atoms with Crippen molar-refractivity contribution in [3.8, 4) is 33.8 Å². The van der Waals surface area contributed by atoms with E-state index in [1.807, 2.05) is 48.5 Å². The molecule has 8 rings (SSSR count). The average molecular weight is 877 g/mol. The number of aromatic nitrogens is 6. The number of carbonyl (C=O) groups is 1. The molecular weight excluding hydrogens is 839 g/mol. The van der Waals surface area contributed by atoms with Crippen molar-refractivity contribution in [3.05, 3.63) is 203 Å². The fraction of sp³-hybridized carbons (Fsp3) is 0.146. The van der Waals surface area contributed by atoms with E-state index in [0.717, 1.165) is 46.5 Å². The summed E-state index contributed by atoms with van der Waals surface area (Å²) in [6.07, 6.45) is -6.62. The van der Waals surface area contributed by atoms with Crippen LogP contribution in [0.1, 0.15) is 55.9 Å². The lowest BCUT2D eigenvalue weighted by molar-refractivity contribution is -0.138. The monoisotopic (exact) mass is 876 g/mol. The minimum Gasteiger partial charge on any atom is -0.489 e. The highest BCUT2D eigenvalue weighted by Crippen LogP contribution is 2.33. The van der Waals surface area contributed by atoms with Crippen LogP contribution in [0.5, 0.6) is 11.5 Å². The third-order valence-corrected chi connectivity index (χ3v) is 9.97. The Morgan fingerprint density at radius 2 is 1.03 bits per heavy atom. The van der Waals surface area contributed by atoms with Crippen LogP contribution >= 0.6 is 0 Å². The van der Waals surface area contributed by atoms with Crippen LogP contribution in [0.2, 0.25) is 0 Å². The topological polar surface area (TPSA) is 117 Å². The summed E-state index contributed by atoms with van der Waals surface area (Å²) in [6.45, 7) is 0.560. The maximum Gasteiger partial charge on any atom is 0.416 e. The Morgan fingerprint density at radius 1 is 0.578 bits per heavy atom. The highest BCUT2D eigenvalue weighted by Gasteiger charge is 2.31. The first-order valence-electron chi connectivity index (χ1n) is 19.5. The summed E-state index contributed by atoms with van der Waals surface area (Å²) in [5.41, 5.74) is 4.51. The van der Waals surface area contributed by atoms with Gasteiger partial charge in [0.1, 0.15) is 43.5 Å². The lowest BCUT2D eigenvalue weighted by Crippen LogP contribution is -2.08. The third kappa shape index (κ3) is 11.1. The lowest BCUT2D eigenvalue weighted by Gasteiger charge is -2.12. The largest absolute Gasteiger partial charge is 0.489 e. The van der Waals surface area contributed by atoms with Crippen molar-refractivity contribution in [2.45, 2.75) is 31.7 Å². The number of rotatable bonds is 12. The zero-order valence-electron chi connectivity index (χ0n) is 34.1. The minimum atomic E-state index is -4.36. The number of aryl methyl sites for hydroxylation is 2. The molecule has 0 aliphatic heterocycles. The molecule has 0 fully saturated rings. The second-order valence-corrected chi connectivity index (χ2v) is 14.5. The van der Waals surface area contributed by atoms with Crippen molar-refractivity contribution in [2.24, 2.45) is 14.1 Å². The Hall–Kier alpha value is -7.59. The molecule has 1 atom stereocenters. The molecule has 0 amide bonds. The molecule has 16 heteroatoms. The molecule has 0 radical (unpaired) electrons. The van der Waals surface area contributed by atoms with Crippen molar-refractivity contribution in [1.82, 2.24) is 29.5 Å². The first kappa shape index (κ1) is 44.5. The average Bonchev–Trinajstić information content (AvgIpc) is 3.94. The van der Waals surface area contributed by atoms with Gasteiger partial charge in [-0.25, -0.2) is 0 Å². The van der Waals surface area contributed by atoms with Crippen molar-refractivity contribution >= 4 is 5.78 Å². The molecule has 0 saturated heterocycles. The molecule has 1 unspecified atom stereocenters. The van der Waals surface area contributed by atoms with E-state index in [9.17, 15) is 36.2 Å². The molecule has 2 aromatic heterocycles. The maximum absolute atomic E-state index is 12.8. The molecule has 0 spiro atoms. The number of benzene rings is 6. The summed E-state index contributed by atoms with van der Waals surface area (Å²) < 4.78 is 91.4. The molecule has 0 saturated carbocycles. The number of ketones is 1. The fourth-order valence-corrected chi connectivity index (χ4v) is 6.47. The summed E-state index contributed by atoms with van der Waals surface area (Å²) in [5.74, 6) is 1.66. The van der Waals surface area contributed by atoms with E-state index >= 15 is 0 Å². The molecule has 2 heterocycles. The van der Waals surface area contributed by atoms with Gasteiger partial charge in [-0.15, -0.1) is 20.4 Å². The summed E-state index contributed by atoms with van der Waals surface area (Å²) >= 11 is 0. The lowest BCUT2D eigenvalue weighted by atomic mass is 10.0. The summed E-state index contributed by atoms with van der Waals surface area (Å²) in [4.78, 5) is 12.4. The Bertz CT molecular complexity index is 2800. The molecule has 8 aromatic rings. The van der Waals surface area contributed by atoms with E-state index in [1.54, 1.807) is 71.8 Å². The minimum absolute atomic E-state index is 0.235. The quantitative estimate of drug-likeness (QED) is 0.0953. The van der Waals surface area contributed by atoms with Gasteiger partial charge in [-0.2, -0.15) is 26.3 Å². The van der Waals surface area contributed by atoms with Gasteiger partial charge >= 0.3 is 12.4 Å². The highest BCUT2D eigenvalue weighted by atomic mass is 19.4. The van der Waals surface area contributed by atoms with Gasteiger partial charge in [-0.05, 0) is 112 Å². The van der Waals surface area contributed by atoms with Crippen molar-refractivity contribution in [2.75, 3.05) is 0 Å². The van der Waals surface area contributed by atoms with Crippen LogP contribution in [0.3, 0.4) is 0 Å². The molecule has 0 bridgehead atoms. The first-order valence-corrected chi connectivity index (χ1v) is 19.5. The molecule has 64 heavy (non-hydrogen) atoms. The van der Waals surface area contributed by atoms with E-state index in [-0.39, 0.29) is 18.2 Å². The van der Waals surface area contributed by atoms with Gasteiger partial charge in [-0.1, -0.05) is 72.8 Å². The molecule has 0 aliphatic carbocycles. The van der Waals surface area contributed by atoms with Gasteiger partial charge < -0.3 is 23.7 Å². The van der Waals surface area contributed by atoms with Crippen LogP contribution in [-0.2, 0) is 39.7 Å². The van der Waals surface area contributed by atoms with Crippen LogP contribution in [0.4, 0.5) is 26.3 Å². The standard InChI is InChI=1S/C24H20F3N3O2.C24H18F3N3O2/c2*1-30-15-28-29-23(30)22(31)18-7-11-21(12-8-18)32-14-16-3-2-4-19(13-16)17-5-9-20(10-6-17)24(25,26)27/h2-13,15,22,31H,14H2,1H3;2-13,15H,14H2,1H3. The van der Waals surface area contributed by atoms with E-state index in [1.165, 1.54) is 36.9 Å². The number of halogens is 6. The van der Waals surface area contributed by atoms with E-state index < -0.39 is 29.6 Å². The normalized spacial score (nSPS) is 12.0. The molecule has 326 valence electrons. The van der Waals surface area contributed by atoms with Crippen molar-refractivity contribution in [3.63, 3.8) is 0 Å². The third-order valence-electron chi connectivity index (χ3n) is 9.97. The zero-order valence-corrected chi connectivity index (χ0v) is 34.1. The number of ether oxygens (including phenoxy) is 2. The first-order chi connectivity index (χ1) is 30.6. The van der Waals surface area contributed by atoms with Gasteiger partial charge in [-0.3, -0.25) is 4.79 Å². The number of hydrogen-bond acceptors (Lipinski definition) is 8. The Balaban J connectivity index is 0.000000191. The van der Waals surface area contributed by atoms with Gasteiger partial charge in [0.2, 0.25) is 11.6 Å². The predicted molar refractivity (Wildman–Crippen MR) is 225 cm³/mol. The zero-order chi connectivity index (χ0) is 45.4. The molecule has 6 aromatic carbocycles.